The fraction of sp³-hybridized carbons (Fsp3) is 0.600. The number of ether oxygens (including phenoxy) is 1. The van der Waals surface area contributed by atoms with Crippen molar-refractivity contribution in [3.63, 3.8) is 0 Å². The van der Waals surface area contributed by atoms with Gasteiger partial charge in [0, 0.05) is 29.1 Å². The molecule has 1 aliphatic carbocycles. The molecule has 0 spiro atoms. The summed E-state index contributed by atoms with van der Waals surface area (Å²) in [5, 5.41) is 3.64. The zero-order valence-corrected chi connectivity index (χ0v) is 13.0. The topological polar surface area (TPSA) is 21.3 Å². The molecule has 2 atom stereocenters. The number of halogens is 1. The van der Waals surface area contributed by atoms with Gasteiger partial charge in [-0.05, 0) is 31.0 Å². The molecule has 1 N–H and O–H groups in total. The minimum Gasteiger partial charge on any atom is -0.378 e. The zero-order valence-electron chi connectivity index (χ0n) is 11.4. The van der Waals surface area contributed by atoms with E-state index >= 15 is 0 Å². The predicted octanol–water partition coefficient (Wildman–Crippen LogP) is 3.74. The van der Waals surface area contributed by atoms with Crippen LogP contribution in [0.5, 0.6) is 0 Å². The summed E-state index contributed by atoms with van der Waals surface area (Å²) < 4.78 is 6.88. The molecule has 18 heavy (non-hydrogen) atoms. The molecule has 0 aromatic heterocycles. The average molecular weight is 312 g/mol. The van der Waals surface area contributed by atoms with E-state index in [4.69, 9.17) is 4.74 Å². The molecule has 0 amide bonds. The van der Waals surface area contributed by atoms with Gasteiger partial charge in [0.25, 0.3) is 0 Å². The van der Waals surface area contributed by atoms with Crippen LogP contribution in [0.4, 0.5) is 0 Å². The Hall–Kier alpha value is -0.380. The normalized spacial score (nSPS) is 25.8. The summed E-state index contributed by atoms with van der Waals surface area (Å²) in [5.74, 6) is 0. The van der Waals surface area contributed by atoms with Gasteiger partial charge in [-0.1, -0.05) is 41.9 Å². The van der Waals surface area contributed by atoms with E-state index in [1.165, 1.54) is 5.56 Å². The molecule has 2 nitrogen and oxygen atoms in total. The first kappa shape index (κ1) is 14.0. The van der Waals surface area contributed by atoms with E-state index in [2.05, 4.69) is 66.3 Å². The maximum atomic E-state index is 5.74. The van der Waals surface area contributed by atoms with E-state index in [1.807, 2.05) is 0 Å². The van der Waals surface area contributed by atoms with E-state index in [0.29, 0.717) is 12.1 Å². The third kappa shape index (κ3) is 2.95. The van der Waals surface area contributed by atoms with Crippen molar-refractivity contribution in [2.45, 2.75) is 45.9 Å². The molecule has 3 heteroatoms. The van der Waals surface area contributed by atoms with Crippen molar-refractivity contribution in [2.24, 2.45) is 5.41 Å². The van der Waals surface area contributed by atoms with Gasteiger partial charge in [-0.3, -0.25) is 0 Å². The third-order valence-corrected chi connectivity index (χ3v) is 4.54. The lowest BCUT2D eigenvalue weighted by molar-refractivity contribution is -0.114. The summed E-state index contributed by atoms with van der Waals surface area (Å²) in [7, 11) is 0. The molecular formula is C15H22BrNO. The van der Waals surface area contributed by atoms with E-state index in [0.717, 1.165) is 24.0 Å². The van der Waals surface area contributed by atoms with E-state index < -0.39 is 0 Å². The lowest BCUT2D eigenvalue weighted by Crippen LogP contribution is -2.60. The molecular weight excluding hydrogens is 290 g/mol. The highest BCUT2D eigenvalue weighted by Gasteiger charge is 2.48. The molecule has 0 radical (unpaired) electrons. The average Bonchev–Trinajstić information content (AvgIpc) is 2.35. The predicted molar refractivity (Wildman–Crippen MR) is 78.6 cm³/mol. The SMILES string of the molecule is CCOC1CC(NCc2ccc(Br)cc2)C1(C)C. The molecule has 0 heterocycles. The Labute approximate surface area is 118 Å². The third-order valence-electron chi connectivity index (χ3n) is 4.01. The second kappa shape index (κ2) is 5.72. The highest BCUT2D eigenvalue weighted by atomic mass is 79.9. The fourth-order valence-electron chi connectivity index (χ4n) is 2.56. The summed E-state index contributed by atoms with van der Waals surface area (Å²) in [6, 6.07) is 9.04. The smallest absolute Gasteiger partial charge is 0.0655 e. The Morgan fingerprint density at radius 3 is 2.56 bits per heavy atom. The van der Waals surface area contributed by atoms with Crippen molar-refractivity contribution >= 4 is 15.9 Å². The Kier molecular flexibility index (Phi) is 4.46. The fourth-order valence-corrected chi connectivity index (χ4v) is 2.82. The van der Waals surface area contributed by atoms with Crippen molar-refractivity contribution in [2.75, 3.05) is 6.61 Å². The molecule has 1 aliphatic rings. The molecule has 2 rings (SSSR count). The van der Waals surface area contributed by atoms with Crippen LogP contribution < -0.4 is 5.32 Å². The minimum atomic E-state index is 0.241. The van der Waals surface area contributed by atoms with Gasteiger partial charge in [0.15, 0.2) is 0 Å². The number of hydrogen-bond donors (Lipinski definition) is 1. The monoisotopic (exact) mass is 311 g/mol. The van der Waals surface area contributed by atoms with Crippen LogP contribution in [-0.2, 0) is 11.3 Å². The summed E-state index contributed by atoms with van der Waals surface area (Å²) >= 11 is 3.46. The standard InChI is InChI=1S/C15H22BrNO/c1-4-18-14-9-13(15(14,2)3)17-10-11-5-7-12(16)8-6-11/h5-8,13-14,17H,4,9-10H2,1-3H3. The van der Waals surface area contributed by atoms with Crippen LogP contribution in [0, 0.1) is 5.41 Å². The van der Waals surface area contributed by atoms with Crippen molar-refractivity contribution in [1.82, 2.24) is 5.32 Å². The second-order valence-electron chi connectivity index (χ2n) is 5.56. The van der Waals surface area contributed by atoms with Crippen molar-refractivity contribution < 1.29 is 4.74 Å². The number of hydrogen-bond acceptors (Lipinski definition) is 2. The van der Waals surface area contributed by atoms with Crippen LogP contribution in [0.3, 0.4) is 0 Å². The highest BCUT2D eigenvalue weighted by Crippen LogP contribution is 2.42. The van der Waals surface area contributed by atoms with Gasteiger partial charge in [-0.15, -0.1) is 0 Å². The first-order valence-corrected chi connectivity index (χ1v) is 7.42. The molecule has 1 aromatic rings. The van der Waals surface area contributed by atoms with Crippen LogP contribution in [0.25, 0.3) is 0 Å². The lowest BCUT2D eigenvalue weighted by atomic mass is 9.64. The van der Waals surface area contributed by atoms with E-state index in [-0.39, 0.29) is 5.41 Å². The van der Waals surface area contributed by atoms with Gasteiger partial charge in [-0.25, -0.2) is 0 Å². The number of benzene rings is 1. The van der Waals surface area contributed by atoms with Gasteiger partial charge < -0.3 is 10.1 Å². The zero-order chi connectivity index (χ0) is 13.2. The maximum absolute atomic E-state index is 5.74. The van der Waals surface area contributed by atoms with Crippen LogP contribution in [0.15, 0.2) is 28.7 Å². The first-order valence-electron chi connectivity index (χ1n) is 6.63. The Bertz CT molecular complexity index is 388. The molecule has 1 aromatic carbocycles. The summed E-state index contributed by atoms with van der Waals surface area (Å²) in [4.78, 5) is 0. The molecule has 0 saturated heterocycles. The minimum absolute atomic E-state index is 0.241. The number of rotatable bonds is 5. The van der Waals surface area contributed by atoms with Gasteiger partial charge in [0.1, 0.15) is 0 Å². The van der Waals surface area contributed by atoms with Crippen molar-refractivity contribution in [3.05, 3.63) is 34.3 Å². The van der Waals surface area contributed by atoms with Gasteiger partial charge >= 0.3 is 0 Å². The molecule has 1 saturated carbocycles. The Morgan fingerprint density at radius 1 is 1.33 bits per heavy atom. The molecule has 0 bridgehead atoms. The van der Waals surface area contributed by atoms with E-state index in [1.54, 1.807) is 0 Å². The van der Waals surface area contributed by atoms with Gasteiger partial charge in [-0.2, -0.15) is 0 Å². The van der Waals surface area contributed by atoms with E-state index in [9.17, 15) is 0 Å². The van der Waals surface area contributed by atoms with Gasteiger partial charge in [0.2, 0.25) is 0 Å². The van der Waals surface area contributed by atoms with Crippen molar-refractivity contribution in [3.8, 4) is 0 Å². The van der Waals surface area contributed by atoms with Crippen molar-refractivity contribution in [1.29, 1.82) is 0 Å². The van der Waals surface area contributed by atoms with Crippen LogP contribution in [0.1, 0.15) is 32.8 Å². The van der Waals surface area contributed by atoms with Gasteiger partial charge in [0.05, 0.1) is 6.10 Å². The first-order chi connectivity index (χ1) is 8.54. The van der Waals surface area contributed by atoms with Crippen LogP contribution in [-0.4, -0.2) is 18.8 Å². The molecule has 2 unspecified atom stereocenters. The lowest BCUT2D eigenvalue weighted by Gasteiger charge is -2.52. The maximum Gasteiger partial charge on any atom is 0.0655 e. The molecule has 1 fully saturated rings. The highest BCUT2D eigenvalue weighted by molar-refractivity contribution is 9.10. The molecule has 0 aliphatic heterocycles. The van der Waals surface area contributed by atoms with Crippen LogP contribution >= 0.6 is 15.9 Å². The van der Waals surface area contributed by atoms with Crippen LogP contribution in [0.2, 0.25) is 0 Å². The quantitative estimate of drug-likeness (QED) is 0.894. The number of nitrogens with one attached hydrogen (secondary N) is 1. The molecule has 100 valence electrons. The summed E-state index contributed by atoms with van der Waals surface area (Å²) in [6.45, 7) is 8.39. The Morgan fingerprint density at radius 2 is 2.00 bits per heavy atom. The summed E-state index contributed by atoms with van der Waals surface area (Å²) in [6.07, 6.45) is 1.53. The largest absolute Gasteiger partial charge is 0.378 e. The Balaban J connectivity index is 1.83. The second-order valence-corrected chi connectivity index (χ2v) is 6.48. The summed E-state index contributed by atoms with van der Waals surface area (Å²) in [5.41, 5.74) is 1.57.